The number of nitriles is 1. The molecular formula is C48H46N8O7. The maximum atomic E-state index is 13.9. The molecule has 1 unspecified atom stereocenters. The summed E-state index contributed by atoms with van der Waals surface area (Å²) in [5, 5.41) is 17.9. The molecule has 2 fully saturated rings. The normalized spacial score (nSPS) is 18.2. The van der Waals surface area contributed by atoms with Crippen molar-refractivity contribution in [1.82, 2.24) is 25.5 Å². The molecule has 3 N–H and O–H groups in total. The van der Waals surface area contributed by atoms with Crippen molar-refractivity contribution in [3.05, 3.63) is 132 Å². The van der Waals surface area contributed by atoms with Crippen LogP contribution >= 0.6 is 0 Å². The lowest BCUT2D eigenvalue weighted by molar-refractivity contribution is -0.136. The number of urea groups is 1. The van der Waals surface area contributed by atoms with Crippen molar-refractivity contribution < 1.29 is 33.4 Å². The summed E-state index contributed by atoms with van der Waals surface area (Å²) in [6, 6.07) is 31.0. The van der Waals surface area contributed by atoms with E-state index in [1.54, 1.807) is 30.6 Å². The van der Waals surface area contributed by atoms with Gasteiger partial charge in [-0.15, -0.1) is 0 Å². The van der Waals surface area contributed by atoms with Crippen LogP contribution in [-0.2, 0) is 16.1 Å². The van der Waals surface area contributed by atoms with Crippen LogP contribution in [0, 0.1) is 11.3 Å². The van der Waals surface area contributed by atoms with Gasteiger partial charge < -0.3 is 20.1 Å². The second-order valence-electron chi connectivity index (χ2n) is 15.7. The summed E-state index contributed by atoms with van der Waals surface area (Å²) in [5.41, 5.74) is 4.46. The smallest absolute Gasteiger partial charge is 0.322 e. The van der Waals surface area contributed by atoms with Crippen molar-refractivity contribution in [2.45, 2.75) is 76.0 Å². The van der Waals surface area contributed by atoms with E-state index in [0.29, 0.717) is 37.4 Å². The highest BCUT2D eigenvalue weighted by Crippen LogP contribution is 2.34. The third-order valence-corrected chi connectivity index (χ3v) is 11.5. The number of nitrogens with one attached hydrogen (secondary N) is 3. The van der Waals surface area contributed by atoms with Gasteiger partial charge in [-0.05, 0) is 98.5 Å². The predicted octanol–water partition coefficient (Wildman–Crippen LogP) is 6.79. The topological polar surface area (TPSA) is 196 Å². The molecule has 15 heteroatoms. The molecule has 8 rings (SSSR count). The molecule has 3 aromatic carbocycles. The SMILES string of the molecule is N#Cc1ccc(N[C@H]2CC[C@H](N(C(=O)NCc3ccccc3)c3ccc(-c4ccc(OCCCCOc5cccc6c5C(=O)N(C5CCC(=O)NC5=O)C6=O)nc4)cc3)CC2)nc1. The fourth-order valence-corrected chi connectivity index (χ4v) is 8.20. The Labute approximate surface area is 364 Å². The average Bonchev–Trinajstić information content (AvgIpc) is 3.57. The maximum Gasteiger partial charge on any atom is 0.322 e. The Morgan fingerprint density at radius 3 is 2.25 bits per heavy atom. The molecule has 1 saturated carbocycles. The third-order valence-electron chi connectivity index (χ3n) is 11.5. The first-order valence-corrected chi connectivity index (χ1v) is 21.2. The van der Waals surface area contributed by atoms with E-state index in [0.717, 1.165) is 58.8 Å². The van der Waals surface area contributed by atoms with E-state index in [-0.39, 0.29) is 54.4 Å². The molecule has 1 atom stereocenters. The molecule has 2 aromatic heterocycles. The summed E-state index contributed by atoms with van der Waals surface area (Å²) in [5.74, 6) is -0.814. The van der Waals surface area contributed by atoms with E-state index in [1.165, 1.54) is 6.07 Å². The van der Waals surface area contributed by atoms with Crippen molar-refractivity contribution in [3.63, 3.8) is 0 Å². The number of unbranched alkanes of at least 4 members (excludes halogenated alkanes) is 1. The summed E-state index contributed by atoms with van der Waals surface area (Å²) >= 11 is 0. The minimum absolute atomic E-state index is 0.00462. The number of carbonyl (C=O) groups is 5. The molecule has 5 aromatic rings. The number of carbonyl (C=O) groups excluding carboxylic acids is 5. The van der Waals surface area contributed by atoms with Crippen LogP contribution < -0.4 is 30.3 Å². The lowest BCUT2D eigenvalue weighted by atomic mass is 9.89. The van der Waals surface area contributed by atoms with E-state index in [1.807, 2.05) is 77.7 Å². The first-order valence-electron chi connectivity index (χ1n) is 21.2. The first-order chi connectivity index (χ1) is 30.7. The number of hydrogen-bond acceptors (Lipinski definition) is 11. The van der Waals surface area contributed by atoms with E-state index in [4.69, 9.17) is 14.7 Å². The number of ether oxygens (including phenoxy) is 2. The summed E-state index contributed by atoms with van der Waals surface area (Å²) in [6.45, 7) is 1.06. The highest BCUT2D eigenvalue weighted by molar-refractivity contribution is 6.24. The molecule has 2 aliphatic heterocycles. The van der Waals surface area contributed by atoms with Crippen LogP contribution in [0.4, 0.5) is 16.3 Å². The van der Waals surface area contributed by atoms with E-state index in [2.05, 4.69) is 32.0 Å². The number of pyridine rings is 2. The van der Waals surface area contributed by atoms with Crippen LogP contribution in [0.25, 0.3) is 11.1 Å². The Morgan fingerprint density at radius 2 is 1.56 bits per heavy atom. The van der Waals surface area contributed by atoms with Crippen LogP contribution in [-0.4, -0.2) is 75.9 Å². The first kappa shape index (κ1) is 42.1. The lowest BCUT2D eigenvalue weighted by Gasteiger charge is -2.37. The lowest BCUT2D eigenvalue weighted by Crippen LogP contribution is -2.54. The molecule has 1 aliphatic carbocycles. The largest absolute Gasteiger partial charge is 0.493 e. The Hall–Kier alpha value is -7.60. The van der Waals surface area contributed by atoms with Gasteiger partial charge in [-0.3, -0.25) is 34.3 Å². The summed E-state index contributed by atoms with van der Waals surface area (Å²) in [6.07, 6.45) is 8.00. The van der Waals surface area contributed by atoms with Crippen molar-refractivity contribution in [2.75, 3.05) is 23.4 Å². The number of nitrogens with zero attached hydrogens (tertiary/aromatic N) is 5. The summed E-state index contributed by atoms with van der Waals surface area (Å²) in [4.78, 5) is 76.0. The number of amides is 6. The van der Waals surface area contributed by atoms with Gasteiger partial charge in [0.2, 0.25) is 17.7 Å². The van der Waals surface area contributed by atoms with Gasteiger partial charge in [0.15, 0.2) is 0 Å². The number of anilines is 2. The molecule has 320 valence electrons. The van der Waals surface area contributed by atoms with Gasteiger partial charge in [0.05, 0.1) is 29.9 Å². The highest BCUT2D eigenvalue weighted by atomic mass is 16.5. The Kier molecular flexibility index (Phi) is 13.0. The molecule has 4 heterocycles. The van der Waals surface area contributed by atoms with Gasteiger partial charge in [0.1, 0.15) is 23.7 Å². The maximum absolute atomic E-state index is 13.9. The van der Waals surface area contributed by atoms with Crippen LogP contribution in [0.1, 0.15) is 83.2 Å². The van der Waals surface area contributed by atoms with Gasteiger partial charge in [-0.1, -0.05) is 48.5 Å². The Morgan fingerprint density at radius 1 is 0.794 bits per heavy atom. The number of rotatable bonds is 15. The predicted molar refractivity (Wildman–Crippen MR) is 233 cm³/mol. The fourth-order valence-electron chi connectivity index (χ4n) is 8.20. The van der Waals surface area contributed by atoms with Crippen molar-refractivity contribution in [3.8, 4) is 28.8 Å². The fraction of sp³-hybridized carbons (Fsp3) is 0.292. The molecule has 3 aliphatic rings. The number of fused-ring (bicyclic) bond motifs is 1. The number of piperidine rings is 1. The number of aromatic nitrogens is 2. The quantitative estimate of drug-likeness (QED) is 0.0741. The second-order valence-corrected chi connectivity index (χ2v) is 15.7. The zero-order valence-electron chi connectivity index (χ0n) is 34.5. The Balaban J connectivity index is 0.830. The van der Waals surface area contributed by atoms with Gasteiger partial charge in [-0.2, -0.15) is 5.26 Å². The standard InChI is InChI=1S/C48H46N8O7/c49-27-32-11-22-41(50-29-32)53-35-15-19-37(20-16-35)55(48(61)52-28-31-7-2-1-3-8-31)36-17-12-33(13-18-36)34-14-24-43(51-30-34)63-26-5-4-25-62-40-10-6-9-38-44(40)47(60)56(46(38)59)39-21-23-42(57)54-45(39)58/h1-3,6-14,17-18,22,24,29-30,35,37,39H,4-5,15-16,19-21,23,25-26,28H2,(H,50,53)(H,52,61)(H,54,57,58)/t35-,37-,39?. The minimum atomic E-state index is -1.05. The minimum Gasteiger partial charge on any atom is -0.493 e. The zero-order chi connectivity index (χ0) is 43.7. The number of imide groups is 2. The van der Waals surface area contributed by atoms with Crippen molar-refractivity contribution in [1.29, 1.82) is 5.26 Å². The molecule has 0 bridgehead atoms. The van der Waals surface area contributed by atoms with E-state index >= 15 is 0 Å². The monoisotopic (exact) mass is 846 g/mol. The molecule has 0 radical (unpaired) electrons. The molecular weight excluding hydrogens is 801 g/mol. The Bertz CT molecular complexity index is 2500. The van der Waals surface area contributed by atoms with Crippen LogP contribution in [0.2, 0.25) is 0 Å². The van der Waals surface area contributed by atoms with E-state index < -0.39 is 29.7 Å². The van der Waals surface area contributed by atoms with Crippen LogP contribution in [0.15, 0.2) is 109 Å². The molecule has 1 saturated heterocycles. The van der Waals surface area contributed by atoms with Gasteiger partial charge in [-0.25, -0.2) is 14.8 Å². The second kappa shape index (κ2) is 19.4. The van der Waals surface area contributed by atoms with E-state index in [9.17, 15) is 24.0 Å². The van der Waals surface area contributed by atoms with Crippen molar-refractivity contribution >= 4 is 41.2 Å². The zero-order valence-corrected chi connectivity index (χ0v) is 34.5. The van der Waals surface area contributed by atoms with Gasteiger partial charge in [0.25, 0.3) is 11.8 Å². The summed E-state index contributed by atoms with van der Waals surface area (Å²) < 4.78 is 11.8. The van der Waals surface area contributed by atoms with Crippen molar-refractivity contribution in [2.24, 2.45) is 0 Å². The molecule has 15 nitrogen and oxygen atoms in total. The number of benzene rings is 3. The highest BCUT2D eigenvalue weighted by Gasteiger charge is 2.46. The molecule has 6 amide bonds. The van der Waals surface area contributed by atoms with Gasteiger partial charge >= 0.3 is 6.03 Å². The molecule has 63 heavy (non-hydrogen) atoms. The average molecular weight is 847 g/mol. The number of hydrogen-bond donors (Lipinski definition) is 3. The summed E-state index contributed by atoms with van der Waals surface area (Å²) in [7, 11) is 0. The molecule has 0 spiro atoms. The van der Waals surface area contributed by atoms with Crippen LogP contribution in [0.5, 0.6) is 11.6 Å². The van der Waals surface area contributed by atoms with Gasteiger partial charge in [0, 0.05) is 54.8 Å². The van der Waals surface area contributed by atoms with Crippen LogP contribution in [0.3, 0.4) is 0 Å². The third kappa shape index (κ3) is 9.81.